The number of piperazine rings is 1. The normalized spacial score (nSPS) is 19.5. The molecule has 0 spiro atoms. The van der Waals surface area contributed by atoms with E-state index in [9.17, 15) is 9.59 Å². The second kappa shape index (κ2) is 14.2. The van der Waals surface area contributed by atoms with Crippen molar-refractivity contribution in [2.75, 3.05) is 49.6 Å². The van der Waals surface area contributed by atoms with Crippen molar-refractivity contribution in [2.24, 2.45) is 23.3 Å². The largest absolute Gasteiger partial charge is 0.368 e. The van der Waals surface area contributed by atoms with Gasteiger partial charge in [-0.3, -0.25) is 14.5 Å². The Morgan fingerprint density at radius 1 is 0.935 bits per heavy atom. The first-order valence-corrected chi connectivity index (χ1v) is 16.0. The first-order chi connectivity index (χ1) is 22.4. The van der Waals surface area contributed by atoms with Crippen LogP contribution in [0.25, 0.3) is 22.5 Å². The molecule has 3 heterocycles. The van der Waals surface area contributed by atoms with Gasteiger partial charge in [-0.25, -0.2) is 4.98 Å². The van der Waals surface area contributed by atoms with Gasteiger partial charge in [0.05, 0.1) is 0 Å². The summed E-state index contributed by atoms with van der Waals surface area (Å²) in [5, 5.41) is 14.2. The summed E-state index contributed by atoms with van der Waals surface area (Å²) < 4.78 is 0. The van der Waals surface area contributed by atoms with Crippen molar-refractivity contribution in [3.05, 3.63) is 72.4 Å². The highest BCUT2D eigenvalue weighted by Gasteiger charge is 2.36. The Hall–Kier alpha value is -4.68. The number of primary amides is 1. The standard InChI is InChI=1S/C34H42N10O2/c1-42-16-18-43(19-17-42)31-21-28(14-15-37-31)25-6-2-23(3-7-25)20-30(32(36)45)44(34(46)27-8-4-24(22-35)5-9-27)29-12-10-26(11-13-29)33-38-40-41-39-33/h2-3,6-7,10-15,21,24,27,30H,4-5,8-9,16-20,22,35H2,1H3,(H2,36,45)(H,38,39,40,41)/t24?,27?,30-/m0/s1. The Morgan fingerprint density at radius 2 is 1.63 bits per heavy atom. The second-order valence-corrected chi connectivity index (χ2v) is 12.5. The zero-order chi connectivity index (χ0) is 32.0. The molecule has 1 saturated heterocycles. The molecule has 5 N–H and O–H groups in total. The number of hydrogen-bond donors (Lipinski definition) is 3. The van der Waals surface area contributed by atoms with E-state index < -0.39 is 11.9 Å². The molecule has 0 radical (unpaired) electrons. The molecule has 4 aromatic rings. The summed E-state index contributed by atoms with van der Waals surface area (Å²) >= 11 is 0. The van der Waals surface area contributed by atoms with E-state index in [1.54, 1.807) is 4.90 Å². The molecule has 2 aromatic heterocycles. The minimum atomic E-state index is -0.869. The SMILES string of the molecule is CN1CCN(c2cc(-c3ccc(C[C@@H](C(N)=O)N(C(=O)C4CCC(CN)CC4)c4ccc(-c5nn[nH]n5)cc4)cc3)ccn2)CC1. The zero-order valence-electron chi connectivity index (χ0n) is 26.3. The highest BCUT2D eigenvalue weighted by atomic mass is 16.2. The number of hydrogen-bond acceptors (Lipinski definition) is 9. The third-order valence-electron chi connectivity index (χ3n) is 9.44. The van der Waals surface area contributed by atoms with Gasteiger partial charge >= 0.3 is 0 Å². The number of H-pyrrole nitrogens is 1. The van der Waals surface area contributed by atoms with Crippen LogP contribution in [-0.4, -0.2) is 88.1 Å². The first kappa shape index (κ1) is 31.3. The number of nitrogens with zero attached hydrogens (tertiary/aromatic N) is 7. The average molecular weight is 623 g/mol. The fourth-order valence-electron chi connectivity index (χ4n) is 6.54. The number of pyridine rings is 1. The molecule has 0 bridgehead atoms. The number of rotatable bonds is 10. The lowest BCUT2D eigenvalue weighted by Crippen LogP contribution is -2.52. The minimum Gasteiger partial charge on any atom is -0.368 e. The maximum atomic E-state index is 14.2. The molecule has 240 valence electrons. The van der Waals surface area contributed by atoms with Crippen LogP contribution in [0.5, 0.6) is 0 Å². The van der Waals surface area contributed by atoms with E-state index in [0.29, 0.717) is 24.0 Å². The van der Waals surface area contributed by atoms with Crippen molar-refractivity contribution < 1.29 is 9.59 Å². The molecule has 2 fully saturated rings. The van der Waals surface area contributed by atoms with Gasteiger partial charge in [0, 0.05) is 56.0 Å². The third kappa shape index (κ3) is 7.08. The lowest BCUT2D eigenvalue weighted by molar-refractivity contribution is -0.127. The molecule has 6 rings (SSSR count). The topological polar surface area (TPSA) is 163 Å². The first-order valence-electron chi connectivity index (χ1n) is 16.0. The minimum absolute atomic E-state index is 0.0866. The van der Waals surface area contributed by atoms with E-state index in [1.165, 1.54) is 0 Å². The van der Waals surface area contributed by atoms with Gasteiger partial charge in [-0.1, -0.05) is 24.3 Å². The summed E-state index contributed by atoms with van der Waals surface area (Å²) in [5.41, 5.74) is 16.4. The van der Waals surface area contributed by atoms with Gasteiger partial charge in [-0.2, -0.15) is 5.21 Å². The quantitative estimate of drug-likeness (QED) is 0.241. The zero-order valence-corrected chi connectivity index (χ0v) is 26.3. The average Bonchev–Trinajstić information content (AvgIpc) is 3.64. The number of carbonyl (C=O) groups excluding carboxylic acids is 2. The van der Waals surface area contributed by atoms with Gasteiger partial charge in [0.25, 0.3) is 0 Å². The van der Waals surface area contributed by atoms with E-state index in [4.69, 9.17) is 11.5 Å². The Kier molecular flexibility index (Phi) is 9.65. The molecule has 1 atom stereocenters. The highest BCUT2D eigenvalue weighted by Crippen LogP contribution is 2.33. The summed E-state index contributed by atoms with van der Waals surface area (Å²) in [6.07, 6.45) is 5.40. The molecule has 2 aliphatic rings. The summed E-state index contributed by atoms with van der Waals surface area (Å²) in [4.78, 5) is 38.2. The van der Waals surface area contributed by atoms with E-state index in [0.717, 1.165) is 79.9 Å². The van der Waals surface area contributed by atoms with Crippen LogP contribution in [-0.2, 0) is 16.0 Å². The third-order valence-corrected chi connectivity index (χ3v) is 9.44. The Bertz CT molecular complexity index is 1590. The van der Waals surface area contributed by atoms with Crippen LogP contribution in [0.3, 0.4) is 0 Å². The number of benzene rings is 2. The van der Waals surface area contributed by atoms with E-state index in [-0.39, 0.29) is 18.2 Å². The molecule has 12 nitrogen and oxygen atoms in total. The monoisotopic (exact) mass is 622 g/mol. The molecule has 2 aromatic carbocycles. The number of likely N-dealkylation sites (N-methyl/N-ethyl adjacent to an activating group) is 1. The van der Waals surface area contributed by atoms with E-state index in [2.05, 4.69) is 60.7 Å². The molecular formula is C34H42N10O2. The molecule has 12 heteroatoms. The van der Waals surface area contributed by atoms with Gasteiger partial charge < -0.3 is 21.3 Å². The molecule has 46 heavy (non-hydrogen) atoms. The van der Waals surface area contributed by atoms with E-state index >= 15 is 0 Å². The molecule has 2 amide bonds. The van der Waals surface area contributed by atoms with Gasteiger partial charge in [0.2, 0.25) is 17.6 Å². The number of nitrogens with one attached hydrogen (secondary N) is 1. The number of aromatic nitrogens is 5. The maximum Gasteiger partial charge on any atom is 0.240 e. The fraction of sp³-hybridized carbons (Fsp3) is 0.412. The number of nitrogens with two attached hydrogens (primary N) is 2. The molecular weight excluding hydrogens is 580 g/mol. The van der Waals surface area contributed by atoms with Crippen LogP contribution in [0.4, 0.5) is 11.5 Å². The second-order valence-electron chi connectivity index (χ2n) is 12.5. The van der Waals surface area contributed by atoms with Crippen molar-refractivity contribution in [1.29, 1.82) is 0 Å². The van der Waals surface area contributed by atoms with Gasteiger partial charge in [0.15, 0.2) is 0 Å². The van der Waals surface area contributed by atoms with Crippen LogP contribution < -0.4 is 21.3 Å². The highest BCUT2D eigenvalue weighted by molar-refractivity contribution is 6.01. The van der Waals surface area contributed by atoms with Gasteiger partial charge in [-0.15, -0.1) is 10.2 Å². The molecule has 1 aliphatic carbocycles. The number of carbonyl (C=O) groups is 2. The van der Waals surface area contributed by atoms with E-state index in [1.807, 2.05) is 48.7 Å². The fourth-order valence-corrected chi connectivity index (χ4v) is 6.54. The van der Waals surface area contributed by atoms with Crippen LogP contribution in [0.2, 0.25) is 0 Å². The summed E-state index contributed by atoms with van der Waals surface area (Å²) in [6.45, 7) is 4.55. The smallest absolute Gasteiger partial charge is 0.240 e. The molecule has 1 saturated carbocycles. The van der Waals surface area contributed by atoms with Crippen LogP contribution in [0.1, 0.15) is 31.2 Å². The Balaban J connectivity index is 1.24. The van der Waals surface area contributed by atoms with Crippen molar-refractivity contribution >= 4 is 23.3 Å². The Morgan fingerprint density at radius 3 is 2.26 bits per heavy atom. The lowest BCUT2D eigenvalue weighted by atomic mass is 9.81. The van der Waals surface area contributed by atoms with Crippen molar-refractivity contribution in [3.63, 3.8) is 0 Å². The number of tetrazole rings is 1. The number of aromatic amines is 1. The Labute approximate surface area is 269 Å². The van der Waals surface area contributed by atoms with Crippen molar-refractivity contribution in [3.8, 4) is 22.5 Å². The predicted molar refractivity (Wildman–Crippen MR) is 178 cm³/mol. The lowest BCUT2D eigenvalue weighted by Gasteiger charge is -2.35. The van der Waals surface area contributed by atoms with Crippen LogP contribution in [0, 0.1) is 11.8 Å². The summed E-state index contributed by atoms with van der Waals surface area (Å²) in [5.74, 6) is 1.00. The number of amides is 2. The predicted octanol–water partition coefficient (Wildman–Crippen LogP) is 2.88. The molecule has 0 unspecified atom stereocenters. The van der Waals surface area contributed by atoms with Crippen molar-refractivity contribution in [1.82, 2.24) is 30.5 Å². The van der Waals surface area contributed by atoms with Crippen molar-refractivity contribution in [2.45, 2.75) is 38.1 Å². The van der Waals surface area contributed by atoms with Gasteiger partial charge in [-0.05, 0) is 103 Å². The van der Waals surface area contributed by atoms with Crippen LogP contribution >= 0.6 is 0 Å². The van der Waals surface area contributed by atoms with Crippen LogP contribution in [0.15, 0.2) is 66.9 Å². The number of anilines is 2. The van der Waals surface area contributed by atoms with Gasteiger partial charge in [0.1, 0.15) is 11.9 Å². The maximum absolute atomic E-state index is 14.2. The summed E-state index contributed by atoms with van der Waals surface area (Å²) in [7, 11) is 2.14. The summed E-state index contributed by atoms with van der Waals surface area (Å²) in [6, 6.07) is 18.7. The molecule has 1 aliphatic heterocycles.